The first-order valence-electron chi connectivity index (χ1n) is 7.23. The minimum atomic E-state index is -0.616. The largest absolute Gasteiger partial charge is 0.388 e. The fourth-order valence-electron chi connectivity index (χ4n) is 3.53. The van der Waals surface area contributed by atoms with Crippen LogP contribution in [-0.2, 0) is 6.42 Å². The number of hydrogen-bond donors (Lipinski definition) is 2. The van der Waals surface area contributed by atoms with Crippen molar-refractivity contribution in [1.82, 2.24) is 0 Å². The highest BCUT2D eigenvalue weighted by atomic mass is 16.3. The molecule has 0 heterocycles. The van der Waals surface area contributed by atoms with Gasteiger partial charge in [0, 0.05) is 6.54 Å². The Morgan fingerprint density at radius 3 is 2.72 bits per heavy atom. The van der Waals surface area contributed by atoms with E-state index in [-0.39, 0.29) is 0 Å². The highest BCUT2D eigenvalue weighted by Crippen LogP contribution is 2.46. The average molecular weight is 245 g/mol. The predicted molar refractivity (Wildman–Crippen MR) is 73.5 cm³/mol. The van der Waals surface area contributed by atoms with Crippen LogP contribution in [0.1, 0.15) is 49.1 Å². The van der Waals surface area contributed by atoms with Gasteiger partial charge in [-0.25, -0.2) is 0 Å². The molecule has 2 unspecified atom stereocenters. The maximum atomic E-state index is 10.7. The van der Waals surface area contributed by atoms with Crippen LogP contribution in [0.15, 0.2) is 24.3 Å². The van der Waals surface area contributed by atoms with Crippen molar-refractivity contribution in [2.24, 2.45) is 11.7 Å². The molecule has 2 nitrogen and oxygen atoms in total. The second-order valence-corrected chi connectivity index (χ2v) is 6.07. The molecule has 18 heavy (non-hydrogen) atoms. The Bertz CT molecular complexity index is 427. The molecule has 0 amide bonds. The Labute approximate surface area is 109 Å². The summed E-state index contributed by atoms with van der Waals surface area (Å²) in [7, 11) is 0. The SMILES string of the molecule is NCC(O)(CC1CCCc2ccccc21)C1CC1. The van der Waals surface area contributed by atoms with Gasteiger partial charge in [0.15, 0.2) is 0 Å². The lowest BCUT2D eigenvalue weighted by molar-refractivity contribution is 0.00950. The Morgan fingerprint density at radius 2 is 2.00 bits per heavy atom. The molecule has 1 fully saturated rings. The van der Waals surface area contributed by atoms with Crippen LogP contribution < -0.4 is 5.73 Å². The molecule has 0 aromatic heterocycles. The minimum Gasteiger partial charge on any atom is -0.388 e. The normalized spacial score (nSPS) is 26.4. The molecule has 1 aromatic rings. The van der Waals surface area contributed by atoms with Crippen LogP contribution in [0.4, 0.5) is 0 Å². The Balaban J connectivity index is 1.81. The van der Waals surface area contributed by atoms with E-state index >= 15 is 0 Å². The molecule has 1 aromatic carbocycles. The summed E-state index contributed by atoms with van der Waals surface area (Å²) in [5.74, 6) is 0.959. The van der Waals surface area contributed by atoms with E-state index in [2.05, 4.69) is 24.3 Å². The molecule has 1 saturated carbocycles. The van der Waals surface area contributed by atoms with Gasteiger partial charge in [-0.15, -0.1) is 0 Å². The third-order valence-electron chi connectivity index (χ3n) is 4.78. The smallest absolute Gasteiger partial charge is 0.0803 e. The second kappa shape index (κ2) is 4.67. The standard InChI is InChI=1S/C16H23NO/c17-11-16(18,14-8-9-14)10-13-6-3-5-12-4-1-2-7-15(12)13/h1-2,4,7,13-14,18H,3,5-6,8-11,17H2. The van der Waals surface area contributed by atoms with Crippen LogP contribution in [-0.4, -0.2) is 17.3 Å². The quantitative estimate of drug-likeness (QED) is 0.856. The summed E-state index contributed by atoms with van der Waals surface area (Å²) >= 11 is 0. The fourth-order valence-corrected chi connectivity index (χ4v) is 3.53. The topological polar surface area (TPSA) is 46.2 Å². The first kappa shape index (κ1) is 12.2. The van der Waals surface area contributed by atoms with Crippen molar-refractivity contribution >= 4 is 0 Å². The fraction of sp³-hybridized carbons (Fsp3) is 0.625. The van der Waals surface area contributed by atoms with Gasteiger partial charge in [-0.2, -0.15) is 0 Å². The number of nitrogens with two attached hydrogens (primary N) is 1. The molecular formula is C16H23NO. The summed E-state index contributed by atoms with van der Waals surface area (Å²) in [5.41, 5.74) is 8.15. The van der Waals surface area contributed by atoms with Crippen molar-refractivity contribution in [3.05, 3.63) is 35.4 Å². The number of rotatable bonds is 4. The second-order valence-electron chi connectivity index (χ2n) is 6.07. The molecule has 0 saturated heterocycles. The van der Waals surface area contributed by atoms with Crippen LogP contribution in [0.2, 0.25) is 0 Å². The zero-order chi connectivity index (χ0) is 12.6. The van der Waals surface area contributed by atoms with E-state index in [0.29, 0.717) is 18.4 Å². The van der Waals surface area contributed by atoms with E-state index in [0.717, 1.165) is 19.3 Å². The van der Waals surface area contributed by atoms with Gasteiger partial charge in [-0.1, -0.05) is 24.3 Å². The van der Waals surface area contributed by atoms with Crippen molar-refractivity contribution in [1.29, 1.82) is 0 Å². The average Bonchev–Trinajstić information content (AvgIpc) is 3.24. The molecule has 0 bridgehead atoms. The maximum Gasteiger partial charge on any atom is 0.0803 e. The van der Waals surface area contributed by atoms with Crippen LogP contribution in [0.5, 0.6) is 0 Å². The summed E-state index contributed by atoms with van der Waals surface area (Å²) in [5, 5.41) is 10.7. The molecular weight excluding hydrogens is 222 g/mol. The van der Waals surface area contributed by atoms with Gasteiger partial charge in [0.25, 0.3) is 0 Å². The molecule has 98 valence electrons. The van der Waals surface area contributed by atoms with E-state index in [1.54, 1.807) is 0 Å². The summed E-state index contributed by atoms with van der Waals surface area (Å²) in [6.07, 6.45) is 6.80. The monoisotopic (exact) mass is 245 g/mol. The summed E-state index contributed by atoms with van der Waals surface area (Å²) in [6.45, 7) is 0.413. The lowest BCUT2D eigenvalue weighted by atomic mass is 9.75. The number of hydrogen-bond acceptors (Lipinski definition) is 2. The van der Waals surface area contributed by atoms with Crippen LogP contribution in [0, 0.1) is 5.92 Å². The van der Waals surface area contributed by atoms with Crippen LogP contribution in [0.25, 0.3) is 0 Å². The highest BCUT2D eigenvalue weighted by Gasteiger charge is 2.44. The van der Waals surface area contributed by atoms with Crippen molar-refractivity contribution in [3.8, 4) is 0 Å². The van der Waals surface area contributed by atoms with Gasteiger partial charge >= 0.3 is 0 Å². The maximum absolute atomic E-state index is 10.7. The van der Waals surface area contributed by atoms with E-state index in [1.165, 1.54) is 30.4 Å². The molecule has 0 radical (unpaired) electrons. The van der Waals surface area contributed by atoms with Gasteiger partial charge in [0.05, 0.1) is 5.60 Å². The highest BCUT2D eigenvalue weighted by molar-refractivity contribution is 5.33. The zero-order valence-corrected chi connectivity index (χ0v) is 10.9. The van der Waals surface area contributed by atoms with Crippen LogP contribution in [0.3, 0.4) is 0 Å². The first-order chi connectivity index (χ1) is 8.73. The third-order valence-corrected chi connectivity index (χ3v) is 4.78. The van der Waals surface area contributed by atoms with Gasteiger partial charge < -0.3 is 10.8 Å². The Morgan fingerprint density at radius 1 is 1.22 bits per heavy atom. The Kier molecular flexibility index (Phi) is 3.16. The number of benzene rings is 1. The molecule has 2 heteroatoms. The summed E-state index contributed by atoms with van der Waals surface area (Å²) in [6, 6.07) is 8.72. The van der Waals surface area contributed by atoms with Crippen molar-refractivity contribution in [2.45, 2.75) is 50.0 Å². The van der Waals surface area contributed by atoms with Gasteiger partial charge in [-0.3, -0.25) is 0 Å². The van der Waals surface area contributed by atoms with E-state index in [4.69, 9.17) is 5.73 Å². The van der Waals surface area contributed by atoms with Crippen molar-refractivity contribution < 1.29 is 5.11 Å². The predicted octanol–water partition coefficient (Wildman–Crippen LogP) is 2.60. The van der Waals surface area contributed by atoms with Gasteiger partial charge in [0.2, 0.25) is 0 Å². The number of aryl methyl sites for hydroxylation is 1. The zero-order valence-electron chi connectivity index (χ0n) is 10.9. The molecule has 2 atom stereocenters. The van der Waals surface area contributed by atoms with Crippen molar-refractivity contribution in [3.63, 3.8) is 0 Å². The summed E-state index contributed by atoms with van der Waals surface area (Å²) < 4.78 is 0. The lowest BCUT2D eigenvalue weighted by Crippen LogP contribution is -2.41. The van der Waals surface area contributed by atoms with Gasteiger partial charge in [0.1, 0.15) is 0 Å². The van der Waals surface area contributed by atoms with Gasteiger partial charge in [-0.05, 0) is 61.5 Å². The summed E-state index contributed by atoms with van der Waals surface area (Å²) in [4.78, 5) is 0. The van der Waals surface area contributed by atoms with E-state index < -0.39 is 5.60 Å². The van der Waals surface area contributed by atoms with E-state index in [1.807, 2.05) is 0 Å². The van der Waals surface area contributed by atoms with E-state index in [9.17, 15) is 5.11 Å². The number of aliphatic hydroxyl groups is 1. The number of fused-ring (bicyclic) bond motifs is 1. The minimum absolute atomic E-state index is 0.413. The molecule has 3 rings (SSSR count). The molecule has 2 aliphatic rings. The molecule has 0 spiro atoms. The first-order valence-corrected chi connectivity index (χ1v) is 7.23. The molecule has 0 aliphatic heterocycles. The van der Waals surface area contributed by atoms with Crippen molar-refractivity contribution in [2.75, 3.05) is 6.54 Å². The lowest BCUT2D eigenvalue weighted by Gasteiger charge is -2.34. The molecule has 3 N–H and O–H groups in total. The molecule has 2 aliphatic carbocycles. The Hall–Kier alpha value is -0.860. The van der Waals surface area contributed by atoms with Crippen LogP contribution >= 0.6 is 0 Å². The third kappa shape index (κ3) is 2.19.